The van der Waals surface area contributed by atoms with Crippen molar-refractivity contribution in [2.75, 3.05) is 25.0 Å². The van der Waals surface area contributed by atoms with Gasteiger partial charge in [-0.3, -0.25) is 0 Å². The van der Waals surface area contributed by atoms with Gasteiger partial charge >= 0.3 is 6.03 Å². The van der Waals surface area contributed by atoms with Crippen molar-refractivity contribution in [3.63, 3.8) is 0 Å². The maximum absolute atomic E-state index is 13.0. The maximum Gasteiger partial charge on any atom is 0.319 e. The van der Waals surface area contributed by atoms with E-state index in [1.807, 2.05) is 24.3 Å². The summed E-state index contributed by atoms with van der Waals surface area (Å²) in [4.78, 5) is 19.9. The molecule has 2 aliphatic rings. The number of oxime groups is 1. The number of fused-ring (bicyclic) bond motifs is 1. The van der Waals surface area contributed by atoms with Crippen LogP contribution in [0, 0.1) is 5.82 Å². The fourth-order valence-corrected chi connectivity index (χ4v) is 3.68. The number of nitrogens with zero attached hydrogens (tertiary/aromatic N) is 2. The van der Waals surface area contributed by atoms with E-state index in [0.29, 0.717) is 12.3 Å². The third-order valence-electron chi connectivity index (χ3n) is 4.72. The van der Waals surface area contributed by atoms with Gasteiger partial charge < -0.3 is 20.4 Å². The molecule has 0 radical (unpaired) electrons. The highest BCUT2D eigenvalue weighted by molar-refractivity contribution is 9.10. The molecule has 0 aromatic heterocycles. The zero-order chi connectivity index (χ0) is 18.8. The van der Waals surface area contributed by atoms with E-state index >= 15 is 0 Å². The van der Waals surface area contributed by atoms with E-state index in [2.05, 4.69) is 36.6 Å². The van der Waals surface area contributed by atoms with Crippen LogP contribution in [0.5, 0.6) is 0 Å². The van der Waals surface area contributed by atoms with Crippen LogP contribution < -0.4 is 10.6 Å². The third-order valence-corrected chi connectivity index (χ3v) is 5.25. The monoisotopic (exact) mass is 432 g/mol. The minimum atomic E-state index is -0.371. The van der Waals surface area contributed by atoms with Gasteiger partial charge in [-0.2, -0.15) is 0 Å². The standard InChI is InChI=1S/C19H18BrFN4O2/c20-13-3-1-12(2-4-13)16-11-25-9-10-27-24-18(25)17(16)23-19(26)22-15-7-5-14(21)6-8-15/h1-8,16-17H,9-11H2,(H2,22,23,26)/t16-,17-/m0/s1. The lowest BCUT2D eigenvalue weighted by Crippen LogP contribution is -2.46. The van der Waals surface area contributed by atoms with Gasteiger partial charge in [-0.15, -0.1) is 0 Å². The molecule has 0 unspecified atom stereocenters. The molecule has 0 bridgehead atoms. The lowest BCUT2D eigenvalue weighted by atomic mass is 9.94. The molecule has 2 heterocycles. The largest absolute Gasteiger partial charge is 0.392 e. The molecule has 140 valence electrons. The molecule has 4 rings (SSSR count). The number of amides is 2. The summed E-state index contributed by atoms with van der Waals surface area (Å²) in [5, 5.41) is 9.91. The van der Waals surface area contributed by atoms with E-state index in [0.717, 1.165) is 29.0 Å². The van der Waals surface area contributed by atoms with Gasteiger partial charge in [0.25, 0.3) is 0 Å². The zero-order valence-electron chi connectivity index (χ0n) is 14.4. The van der Waals surface area contributed by atoms with Crippen LogP contribution >= 0.6 is 15.9 Å². The topological polar surface area (TPSA) is 66.0 Å². The van der Waals surface area contributed by atoms with Crippen molar-refractivity contribution in [1.82, 2.24) is 10.2 Å². The van der Waals surface area contributed by atoms with Crippen LogP contribution in [0.1, 0.15) is 11.5 Å². The number of rotatable bonds is 3. The molecule has 0 aliphatic carbocycles. The van der Waals surface area contributed by atoms with Gasteiger partial charge in [-0.25, -0.2) is 9.18 Å². The maximum atomic E-state index is 13.0. The summed E-state index contributed by atoms with van der Waals surface area (Å²) in [6.07, 6.45) is 0. The van der Waals surface area contributed by atoms with Crippen LogP contribution in [0.4, 0.5) is 14.9 Å². The third kappa shape index (κ3) is 3.90. The van der Waals surface area contributed by atoms with Gasteiger partial charge in [0.15, 0.2) is 5.84 Å². The number of anilines is 1. The number of hydrogen-bond acceptors (Lipinski definition) is 4. The number of benzene rings is 2. The van der Waals surface area contributed by atoms with E-state index in [-0.39, 0.29) is 23.8 Å². The lowest BCUT2D eigenvalue weighted by Gasteiger charge is -2.24. The van der Waals surface area contributed by atoms with Gasteiger partial charge in [0.2, 0.25) is 0 Å². The average Bonchev–Trinajstić information content (AvgIpc) is 3.03. The molecule has 0 spiro atoms. The molecular formula is C19H18BrFN4O2. The number of hydrogen-bond donors (Lipinski definition) is 2. The van der Waals surface area contributed by atoms with E-state index in [4.69, 9.17) is 4.84 Å². The van der Waals surface area contributed by atoms with Crippen molar-refractivity contribution < 1.29 is 14.0 Å². The van der Waals surface area contributed by atoms with Crippen LogP contribution in [0.2, 0.25) is 0 Å². The smallest absolute Gasteiger partial charge is 0.319 e. The summed E-state index contributed by atoms with van der Waals surface area (Å²) in [7, 11) is 0. The molecule has 0 saturated carbocycles. The Hall–Kier alpha value is -2.61. The summed E-state index contributed by atoms with van der Waals surface area (Å²) in [5.41, 5.74) is 1.63. The second kappa shape index (κ2) is 7.56. The first-order valence-electron chi connectivity index (χ1n) is 8.63. The predicted molar refractivity (Wildman–Crippen MR) is 104 cm³/mol. The highest BCUT2D eigenvalue weighted by atomic mass is 79.9. The lowest BCUT2D eigenvalue weighted by molar-refractivity contribution is 0.106. The Balaban J connectivity index is 1.54. The molecule has 2 aliphatic heterocycles. The van der Waals surface area contributed by atoms with Gasteiger partial charge in [0.05, 0.1) is 6.54 Å². The zero-order valence-corrected chi connectivity index (χ0v) is 15.9. The molecule has 2 aromatic carbocycles. The van der Waals surface area contributed by atoms with Crippen molar-refractivity contribution in [3.05, 3.63) is 64.4 Å². The van der Waals surface area contributed by atoms with E-state index in [1.54, 1.807) is 0 Å². The summed E-state index contributed by atoms with van der Waals surface area (Å²) < 4.78 is 14.0. The molecule has 1 fully saturated rings. The molecule has 2 N–H and O–H groups in total. The first-order chi connectivity index (χ1) is 13.1. The highest BCUT2D eigenvalue weighted by Gasteiger charge is 2.42. The van der Waals surface area contributed by atoms with Crippen molar-refractivity contribution >= 4 is 33.5 Å². The van der Waals surface area contributed by atoms with Crippen molar-refractivity contribution in [2.24, 2.45) is 5.16 Å². The number of urea groups is 1. The number of nitrogens with one attached hydrogen (secondary N) is 2. The van der Waals surface area contributed by atoms with E-state index in [1.165, 1.54) is 24.3 Å². The number of carbonyl (C=O) groups excluding carboxylic acids is 1. The Morgan fingerprint density at radius 1 is 1.19 bits per heavy atom. The molecule has 8 heteroatoms. The second-order valence-corrected chi connectivity index (χ2v) is 7.39. The molecule has 6 nitrogen and oxygen atoms in total. The van der Waals surface area contributed by atoms with Crippen LogP contribution in [0.15, 0.2) is 58.2 Å². The molecule has 2 aromatic rings. The van der Waals surface area contributed by atoms with Gasteiger partial charge in [-0.1, -0.05) is 33.2 Å². The average molecular weight is 433 g/mol. The second-order valence-electron chi connectivity index (χ2n) is 6.47. The fourth-order valence-electron chi connectivity index (χ4n) is 3.41. The first kappa shape index (κ1) is 17.8. The molecule has 1 saturated heterocycles. The van der Waals surface area contributed by atoms with Crippen LogP contribution in [0.3, 0.4) is 0 Å². The van der Waals surface area contributed by atoms with E-state index < -0.39 is 0 Å². The minimum Gasteiger partial charge on any atom is -0.392 e. The summed E-state index contributed by atoms with van der Waals surface area (Å²) in [5.74, 6) is 0.428. The number of amidine groups is 1. The van der Waals surface area contributed by atoms with Gasteiger partial charge in [-0.05, 0) is 42.0 Å². The predicted octanol–water partition coefficient (Wildman–Crippen LogP) is 3.52. The fraction of sp³-hybridized carbons (Fsp3) is 0.263. The summed E-state index contributed by atoms with van der Waals surface area (Å²) >= 11 is 3.45. The SMILES string of the molecule is O=C(Nc1ccc(F)cc1)N[C@@H]1C2=NOCCN2C[C@H]1c1ccc(Br)cc1. The minimum absolute atomic E-state index is 0.0533. The van der Waals surface area contributed by atoms with Crippen molar-refractivity contribution in [1.29, 1.82) is 0 Å². The van der Waals surface area contributed by atoms with Gasteiger partial charge in [0.1, 0.15) is 18.5 Å². The van der Waals surface area contributed by atoms with Crippen LogP contribution in [0.25, 0.3) is 0 Å². The van der Waals surface area contributed by atoms with Gasteiger partial charge in [0, 0.05) is 22.6 Å². The van der Waals surface area contributed by atoms with Crippen LogP contribution in [-0.2, 0) is 4.84 Å². The highest BCUT2D eigenvalue weighted by Crippen LogP contribution is 2.31. The Kier molecular flexibility index (Phi) is 4.98. The molecule has 2 amide bonds. The molecule has 2 atom stereocenters. The quantitative estimate of drug-likeness (QED) is 0.779. The summed E-state index contributed by atoms with van der Waals surface area (Å²) in [6.45, 7) is 2.03. The number of carbonyl (C=O) groups is 1. The molecule has 27 heavy (non-hydrogen) atoms. The van der Waals surface area contributed by atoms with Crippen molar-refractivity contribution in [2.45, 2.75) is 12.0 Å². The Morgan fingerprint density at radius 2 is 1.93 bits per heavy atom. The summed E-state index contributed by atoms with van der Waals surface area (Å²) in [6, 6.07) is 13.0. The normalized spacial score (nSPS) is 21.1. The molecular weight excluding hydrogens is 415 g/mol. The van der Waals surface area contributed by atoms with E-state index in [9.17, 15) is 9.18 Å². The first-order valence-corrected chi connectivity index (χ1v) is 9.43. The number of halogens is 2. The van der Waals surface area contributed by atoms with Crippen LogP contribution in [-0.4, -0.2) is 42.5 Å². The van der Waals surface area contributed by atoms with Crippen molar-refractivity contribution in [3.8, 4) is 0 Å². The Labute approximate surface area is 164 Å². The Bertz CT molecular complexity index is 857. The Morgan fingerprint density at radius 3 is 2.67 bits per heavy atom.